The van der Waals surface area contributed by atoms with E-state index in [1.165, 1.54) is 0 Å². The standard InChI is InChI=1S/C15H23N3O3/c1-10(2)13(14(19)20)9-16-15(21)17-11-5-7-12(8-6-11)18(3)4/h5-8,10,13H,9H2,1-4H3,(H,19,20)(H2,16,17,21). The van der Waals surface area contributed by atoms with Crippen LogP contribution in [-0.2, 0) is 4.79 Å². The van der Waals surface area contributed by atoms with Gasteiger partial charge >= 0.3 is 12.0 Å². The summed E-state index contributed by atoms with van der Waals surface area (Å²) in [6, 6.07) is 6.98. The molecule has 6 nitrogen and oxygen atoms in total. The molecule has 0 saturated heterocycles. The summed E-state index contributed by atoms with van der Waals surface area (Å²) in [5, 5.41) is 14.3. The third-order valence-electron chi connectivity index (χ3n) is 3.25. The average molecular weight is 293 g/mol. The van der Waals surface area contributed by atoms with E-state index in [-0.39, 0.29) is 12.5 Å². The first-order valence-electron chi connectivity index (χ1n) is 6.86. The van der Waals surface area contributed by atoms with Gasteiger partial charge in [0.1, 0.15) is 0 Å². The number of hydrogen-bond acceptors (Lipinski definition) is 3. The predicted molar refractivity (Wildman–Crippen MR) is 83.8 cm³/mol. The van der Waals surface area contributed by atoms with Crippen molar-refractivity contribution >= 4 is 23.4 Å². The third kappa shape index (κ3) is 5.33. The molecular weight excluding hydrogens is 270 g/mol. The van der Waals surface area contributed by atoms with E-state index in [2.05, 4.69) is 10.6 Å². The number of nitrogens with zero attached hydrogens (tertiary/aromatic N) is 1. The molecule has 0 radical (unpaired) electrons. The maximum Gasteiger partial charge on any atom is 0.319 e. The molecule has 0 aromatic heterocycles. The number of benzene rings is 1. The summed E-state index contributed by atoms with van der Waals surface area (Å²) in [7, 11) is 3.88. The molecule has 3 N–H and O–H groups in total. The van der Waals surface area contributed by atoms with Crippen LogP contribution in [0.4, 0.5) is 16.2 Å². The monoisotopic (exact) mass is 293 g/mol. The van der Waals surface area contributed by atoms with E-state index in [1.54, 1.807) is 12.1 Å². The van der Waals surface area contributed by atoms with Crippen molar-refractivity contribution in [2.24, 2.45) is 11.8 Å². The first kappa shape index (κ1) is 16.8. The van der Waals surface area contributed by atoms with Crippen LogP contribution in [0.1, 0.15) is 13.8 Å². The van der Waals surface area contributed by atoms with Gasteiger partial charge in [0.25, 0.3) is 0 Å². The molecule has 0 aliphatic rings. The molecular formula is C15H23N3O3. The summed E-state index contributed by atoms with van der Waals surface area (Å²) in [6.07, 6.45) is 0. The summed E-state index contributed by atoms with van der Waals surface area (Å²) < 4.78 is 0. The number of carboxylic acids is 1. The van der Waals surface area contributed by atoms with Crippen molar-refractivity contribution in [2.75, 3.05) is 30.9 Å². The van der Waals surface area contributed by atoms with Crippen LogP contribution in [0.15, 0.2) is 24.3 Å². The number of aliphatic carboxylic acids is 1. The first-order valence-corrected chi connectivity index (χ1v) is 6.86. The number of rotatable bonds is 6. The van der Waals surface area contributed by atoms with Gasteiger partial charge in [-0.3, -0.25) is 4.79 Å². The maximum atomic E-state index is 11.8. The second kappa shape index (κ2) is 7.52. The summed E-state index contributed by atoms with van der Waals surface area (Å²) in [4.78, 5) is 24.8. The van der Waals surface area contributed by atoms with Gasteiger partial charge in [0.15, 0.2) is 0 Å². The van der Waals surface area contributed by atoms with Gasteiger partial charge < -0.3 is 20.6 Å². The second-order valence-electron chi connectivity index (χ2n) is 5.47. The minimum Gasteiger partial charge on any atom is -0.481 e. The van der Waals surface area contributed by atoms with Crippen LogP contribution < -0.4 is 15.5 Å². The summed E-state index contributed by atoms with van der Waals surface area (Å²) >= 11 is 0. The van der Waals surface area contributed by atoms with Gasteiger partial charge in [0, 0.05) is 32.0 Å². The van der Waals surface area contributed by atoms with E-state index >= 15 is 0 Å². The Morgan fingerprint density at radius 3 is 2.19 bits per heavy atom. The zero-order chi connectivity index (χ0) is 16.0. The number of carboxylic acid groups (broad SMARTS) is 1. The lowest BCUT2D eigenvalue weighted by atomic mass is 9.96. The molecule has 1 aromatic rings. The molecule has 0 fully saturated rings. The molecule has 0 aliphatic heterocycles. The number of hydrogen-bond donors (Lipinski definition) is 3. The van der Waals surface area contributed by atoms with Gasteiger partial charge in [0.2, 0.25) is 0 Å². The molecule has 1 atom stereocenters. The fourth-order valence-electron chi connectivity index (χ4n) is 1.83. The van der Waals surface area contributed by atoms with Crippen molar-refractivity contribution in [3.05, 3.63) is 24.3 Å². The SMILES string of the molecule is CC(C)C(CNC(=O)Nc1ccc(N(C)C)cc1)C(=O)O. The number of carbonyl (C=O) groups is 2. The number of anilines is 2. The Balaban J connectivity index is 2.52. The number of carbonyl (C=O) groups excluding carboxylic acids is 1. The van der Waals surface area contributed by atoms with Crippen LogP contribution in [0.25, 0.3) is 0 Å². The normalized spacial score (nSPS) is 11.9. The van der Waals surface area contributed by atoms with Crippen molar-refractivity contribution in [1.29, 1.82) is 0 Å². The topological polar surface area (TPSA) is 81.7 Å². The van der Waals surface area contributed by atoms with Crippen LogP contribution >= 0.6 is 0 Å². The van der Waals surface area contributed by atoms with E-state index in [4.69, 9.17) is 5.11 Å². The molecule has 1 rings (SSSR count). The van der Waals surface area contributed by atoms with Crippen LogP contribution in [0.5, 0.6) is 0 Å². The highest BCUT2D eigenvalue weighted by Gasteiger charge is 2.21. The minimum atomic E-state index is -0.902. The minimum absolute atomic E-state index is 0.0397. The van der Waals surface area contributed by atoms with E-state index < -0.39 is 17.9 Å². The van der Waals surface area contributed by atoms with E-state index in [0.717, 1.165) is 5.69 Å². The largest absolute Gasteiger partial charge is 0.481 e. The molecule has 0 heterocycles. The van der Waals surface area contributed by atoms with Gasteiger partial charge in [-0.1, -0.05) is 13.8 Å². The zero-order valence-corrected chi connectivity index (χ0v) is 12.9. The van der Waals surface area contributed by atoms with Gasteiger partial charge in [-0.2, -0.15) is 0 Å². The smallest absolute Gasteiger partial charge is 0.319 e. The first-order chi connectivity index (χ1) is 9.81. The fraction of sp³-hybridized carbons (Fsp3) is 0.467. The Labute approximate surface area is 125 Å². The van der Waals surface area contributed by atoms with Gasteiger partial charge in [-0.15, -0.1) is 0 Å². The van der Waals surface area contributed by atoms with Crippen LogP contribution in [0, 0.1) is 11.8 Å². The van der Waals surface area contributed by atoms with Gasteiger partial charge in [0.05, 0.1) is 5.92 Å². The Morgan fingerprint density at radius 2 is 1.76 bits per heavy atom. The van der Waals surface area contributed by atoms with Crippen LogP contribution in [-0.4, -0.2) is 37.7 Å². The molecule has 0 aliphatic carbocycles. The lowest BCUT2D eigenvalue weighted by Crippen LogP contribution is -2.37. The second-order valence-corrected chi connectivity index (χ2v) is 5.47. The number of amides is 2. The molecule has 0 bridgehead atoms. The van der Waals surface area contributed by atoms with Crippen LogP contribution in [0.3, 0.4) is 0 Å². The fourth-order valence-corrected chi connectivity index (χ4v) is 1.83. The van der Waals surface area contributed by atoms with Crippen molar-refractivity contribution in [2.45, 2.75) is 13.8 Å². The molecule has 6 heteroatoms. The zero-order valence-electron chi connectivity index (χ0n) is 12.9. The van der Waals surface area contributed by atoms with Crippen molar-refractivity contribution < 1.29 is 14.7 Å². The molecule has 116 valence electrons. The van der Waals surface area contributed by atoms with E-state index in [9.17, 15) is 9.59 Å². The molecule has 2 amide bonds. The Hall–Kier alpha value is -2.24. The Morgan fingerprint density at radius 1 is 1.19 bits per heavy atom. The highest BCUT2D eigenvalue weighted by molar-refractivity contribution is 5.89. The molecule has 0 spiro atoms. The van der Waals surface area contributed by atoms with Crippen molar-refractivity contribution in [3.8, 4) is 0 Å². The molecule has 0 saturated carbocycles. The number of nitrogens with one attached hydrogen (secondary N) is 2. The van der Waals surface area contributed by atoms with Gasteiger partial charge in [-0.05, 0) is 30.2 Å². The predicted octanol–water partition coefficient (Wildman–Crippen LogP) is 2.23. The third-order valence-corrected chi connectivity index (χ3v) is 3.25. The quantitative estimate of drug-likeness (QED) is 0.751. The average Bonchev–Trinajstić information content (AvgIpc) is 2.38. The van der Waals surface area contributed by atoms with Crippen molar-refractivity contribution in [3.63, 3.8) is 0 Å². The lowest BCUT2D eigenvalue weighted by Gasteiger charge is -2.17. The molecule has 21 heavy (non-hydrogen) atoms. The number of urea groups is 1. The van der Waals surface area contributed by atoms with E-state index in [1.807, 2.05) is 45.0 Å². The highest BCUT2D eigenvalue weighted by Crippen LogP contribution is 2.15. The van der Waals surface area contributed by atoms with E-state index in [0.29, 0.717) is 5.69 Å². The Bertz CT molecular complexity index is 483. The lowest BCUT2D eigenvalue weighted by molar-refractivity contribution is -0.142. The molecule has 1 aromatic carbocycles. The van der Waals surface area contributed by atoms with Crippen molar-refractivity contribution in [1.82, 2.24) is 5.32 Å². The Kier molecular flexibility index (Phi) is 6.02. The maximum absolute atomic E-state index is 11.8. The highest BCUT2D eigenvalue weighted by atomic mass is 16.4. The van der Waals surface area contributed by atoms with Gasteiger partial charge in [-0.25, -0.2) is 4.79 Å². The summed E-state index contributed by atoms with van der Waals surface area (Å²) in [5.74, 6) is -1.53. The molecule has 1 unspecified atom stereocenters. The van der Waals surface area contributed by atoms with Crippen LogP contribution in [0.2, 0.25) is 0 Å². The summed E-state index contributed by atoms with van der Waals surface area (Å²) in [6.45, 7) is 3.74. The summed E-state index contributed by atoms with van der Waals surface area (Å²) in [5.41, 5.74) is 1.70.